The molecular formula is C27H27N3O. The minimum absolute atomic E-state index is 0.110. The maximum absolute atomic E-state index is 13.0. The lowest BCUT2D eigenvalue weighted by Crippen LogP contribution is -2.53. The van der Waals surface area contributed by atoms with E-state index in [2.05, 4.69) is 54.6 Å². The highest BCUT2D eigenvalue weighted by Crippen LogP contribution is 2.55. The van der Waals surface area contributed by atoms with Crippen LogP contribution >= 0.6 is 0 Å². The molecule has 31 heavy (non-hydrogen) atoms. The van der Waals surface area contributed by atoms with Gasteiger partial charge in [0.15, 0.2) is 5.78 Å². The van der Waals surface area contributed by atoms with Gasteiger partial charge in [0, 0.05) is 29.5 Å². The zero-order chi connectivity index (χ0) is 21.6. The highest BCUT2D eigenvalue weighted by atomic mass is 16.1. The lowest BCUT2D eigenvalue weighted by Gasteiger charge is -2.50. The van der Waals surface area contributed by atoms with E-state index in [1.54, 1.807) is 0 Å². The number of Topliss-reactive ketones (excluding diaryl/α,β-unsaturated/α-hetero) is 1. The van der Waals surface area contributed by atoms with Crippen LogP contribution in [0, 0.1) is 29.1 Å². The predicted molar refractivity (Wildman–Crippen MR) is 120 cm³/mol. The van der Waals surface area contributed by atoms with Crippen LogP contribution in [0.25, 0.3) is 11.3 Å². The molecule has 1 fully saturated rings. The normalized spacial score (nSPS) is 27.3. The van der Waals surface area contributed by atoms with Gasteiger partial charge in [-0.15, -0.1) is 0 Å². The van der Waals surface area contributed by atoms with Crippen molar-refractivity contribution in [2.24, 2.45) is 24.8 Å². The Labute approximate surface area is 183 Å². The first kappa shape index (κ1) is 19.8. The topological polar surface area (TPSA) is 58.7 Å². The van der Waals surface area contributed by atoms with E-state index in [0.29, 0.717) is 6.42 Å². The largest absolute Gasteiger partial charge is 0.298 e. The number of aryl methyl sites for hydroxylation is 1. The number of fused-ring (bicyclic) bond motifs is 3. The molecular weight excluding hydrogens is 382 g/mol. The molecule has 1 unspecified atom stereocenters. The molecule has 0 radical (unpaired) electrons. The van der Waals surface area contributed by atoms with Gasteiger partial charge in [-0.1, -0.05) is 67.6 Å². The van der Waals surface area contributed by atoms with Crippen LogP contribution in [0.4, 0.5) is 0 Å². The summed E-state index contributed by atoms with van der Waals surface area (Å²) in [5.41, 5.74) is 5.68. The summed E-state index contributed by atoms with van der Waals surface area (Å²) in [6.45, 7) is 2.03. The molecule has 0 saturated heterocycles. The second-order valence-corrected chi connectivity index (χ2v) is 9.21. The molecule has 0 amide bonds. The molecule has 4 atom stereocenters. The molecule has 1 saturated carbocycles. The van der Waals surface area contributed by atoms with E-state index < -0.39 is 5.92 Å². The first-order chi connectivity index (χ1) is 15.0. The van der Waals surface area contributed by atoms with Crippen molar-refractivity contribution >= 4 is 5.78 Å². The third kappa shape index (κ3) is 3.03. The first-order valence-corrected chi connectivity index (χ1v) is 11.1. The minimum atomic E-state index is -0.567. The molecule has 4 nitrogen and oxygen atoms in total. The Morgan fingerprint density at radius 1 is 1.13 bits per heavy atom. The summed E-state index contributed by atoms with van der Waals surface area (Å²) in [4.78, 5) is 13.0. The second kappa shape index (κ2) is 7.50. The van der Waals surface area contributed by atoms with E-state index in [-0.39, 0.29) is 23.0 Å². The summed E-state index contributed by atoms with van der Waals surface area (Å²) >= 11 is 0. The molecule has 5 rings (SSSR count). The standard InChI is InChI=1S/C27H27N3O/c1-18-23-14-13-22-24(20-11-7-4-8-12-20)30(2)29-26(22)27(23,16-21(17-28)25(18)31)15-19-9-5-3-6-10-19/h3-12,18,21,23H,13-16H2,1-2H3/t18-,21?,23-,27-/m0/s1. The third-order valence-electron chi connectivity index (χ3n) is 7.56. The fourth-order valence-corrected chi connectivity index (χ4v) is 6.23. The van der Waals surface area contributed by atoms with Gasteiger partial charge >= 0.3 is 0 Å². The van der Waals surface area contributed by atoms with Crippen molar-refractivity contribution in [3.8, 4) is 17.3 Å². The highest BCUT2D eigenvalue weighted by Gasteiger charge is 2.56. The maximum atomic E-state index is 13.0. The van der Waals surface area contributed by atoms with Crippen LogP contribution in [0.3, 0.4) is 0 Å². The molecule has 0 N–H and O–H groups in total. The van der Waals surface area contributed by atoms with E-state index in [0.717, 1.165) is 25.0 Å². The molecule has 1 heterocycles. The number of carbonyl (C=O) groups excluding carboxylic acids is 1. The monoisotopic (exact) mass is 409 g/mol. The van der Waals surface area contributed by atoms with E-state index in [1.807, 2.05) is 30.8 Å². The summed E-state index contributed by atoms with van der Waals surface area (Å²) in [6, 6.07) is 23.2. The Bertz CT molecular complexity index is 1160. The quantitative estimate of drug-likeness (QED) is 0.619. The van der Waals surface area contributed by atoms with Gasteiger partial charge in [-0.3, -0.25) is 9.48 Å². The van der Waals surface area contributed by atoms with Crippen molar-refractivity contribution in [1.82, 2.24) is 9.78 Å². The fourth-order valence-electron chi connectivity index (χ4n) is 6.23. The van der Waals surface area contributed by atoms with Crippen molar-refractivity contribution in [3.63, 3.8) is 0 Å². The van der Waals surface area contributed by atoms with Gasteiger partial charge in [0.25, 0.3) is 0 Å². The Kier molecular flexibility index (Phi) is 4.78. The number of aromatic nitrogens is 2. The average molecular weight is 410 g/mol. The van der Waals surface area contributed by atoms with Gasteiger partial charge in [-0.05, 0) is 37.2 Å². The van der Waals surface area contributed by atoms with Gasteiger partial charge < -0.3 is 0 Å². The summed E-state index contributed by atoms with van der Waals surface area (Å²) in [6.07, 6.45) is 3.25. The Balaban J connectivity index is 1.72. The number of benzene rings is 2. The molecule has 2 aliphatic rings. The van der Waals surface area contributed by atoms with Crippen LogP contribution in [-0.2, 0) is 30.1 Å². The molecule has 3 aromatic rings. The lowest BCUT2D eigenvalue weighted by molar-refractivity contribution is -0.132. The number of rotatable bonds is 3. The van der Waals surface area contributed by atoms with Crippen LogP contribution in [0.15, 0.2) is 60.7 Å². The summed E-state index contributed by atoms with van der Waals surface area (Å²) < 4.78 is 2.01. The Morgan fingerprint density at radius 3 is 2.48 bits per heavy atom. The van der Waals surface area contributed by atoms with Crippen molar-refractivity contribution in [2.75, 3.05) is 0 Å². The molecule has 0 bridgehead atoms. The summed E-state index contributed by atoms with van der Waals surface area (Å²) in [5, 5.41) is 14.9. The van der Waals surface area contributed by atoms with Crippen molar-refractivity contribution in [1.29, 1.82) is 5.26 Å². The van der Waals surface area contributed by atoms with Crippen LogP contribution in [0.2, 0.25) is 0 Å². The number of nitrogens with zero attached hydrogens (tertiary/aromatic N) is 3. The third-order valence-corrected chi connectivity index (χ3v) is 7.56. The van der Waals surface area contributed by atoms with Crippen LogP contribution in [-0.4, -0.2) is 15.6 Å². The molecule has 4 heteroatoms. The lowest BCUT2D eigenvalue weighted by atomic mass is 9.51. The van der Waals surface area contributed by atoms with Gasteiger partial charge in [0.2, 0.25) is 0 Å². The Hall–Kier alpha value is -3.19. The number of hydrogen-bond donors (Lipinski definition) is 0. The van der Waals surface area contributed by atoms with E-state index in [4.69, 9.17) is 5.10 Å². The molecule has 0 spiro atoms. The number of ketones is 1. The van der Waals surface area contributed by atoms with Gasteiger partial charge in [0.05, 0.1) is 17.5 Å². The molecule has 2 aromatic carbocycles. The van der Waals surface area contributed by atoms with Crippen molar-refractivity contribution in [3.05, 3.63) is 77.5 Å². The number of carbonyl (C=O) groups is 1. The SMILES string of the molecule is C[C@@H]1C(=O)C(C#N)C[C@]2(Cc3ccccc3)c3nn(C)c(-c4ccccc4)c3CC[C@@H]12. The fraction of sp³-hybridized carbons (Fsp3) is 0.370. The smallest absolute Gasteiger partial charge is 0.153 e. The van der Waals surface area contributed by atoms with Crippen molar-refractivity contribution < 1.29 is 4.79 Å². The van der Waals surface area contributed by atoms with Gasteiger partial charge in [0.1, 0.15) is 5.92 Å². The predicted octanol–water partition coefficient (Wildman–Crippen LogP) is 4.88. The van der Waals surface area contributed by atoms with Crippen LogP contribution in [0.5, 0.6) is 0 Å². The summed E-state index contributed by atoms with van der Waals surface area (Å²) in [7, 11) is 2.02. The first-order valence-electron chi connectivity index (χ1n) is 11.1. The van der Waals surface area contributed by atoms with E-state index >= 15 is 0 Å². The Morgan fingerprint density at radius 2 is 1.81 bits per heavy atom. The maximum Gasteiger partial charge on any atom is 0.153 e. The number of hydrogen-bond acceptors (Lipinski definition) is 3. The highest BCUT2D eigenvalue weighted by molar-refractivity contribution is 5.87. The van der Waals surface area contributed by atoms with Crippen molar-refractivity contribution in [2.45, 2.75) is 38.0 Å². The van der Waals surface area contributed by atoms with E-state index in [1.165, 1.54) is 22.4 Å². The zero-order valence-electron chi connectivity index (χ0n) is 18.1. The number of nitriles is 1. The van der Waals surface area contributed by atoms with Crippen LogP contribution in [0.1, 0.15) is 36.6 Å². The second-order valence-electron chi connectivity index (χ2n) is 9.21. The average Bonchev–Trinajstić information content (AvgIpc) is 3.14. The van der Waals surface area contributed by atoms with Gasteiger partial charge in [-0.2, -0.15) is 10.4 Å². The van der Waals surface area contributed by atoms with Gasteiger partial charge in [-0.25, -0.2) is 0 Å². The zero-order valence-corrected chi connectivity index (χ0v) is 18.1. The minimum Gasteiger partial charge on any atom is -0.298 e. The van der Waals surface area contributed by atoms with E-state index in [9.17, 15) is 10.1 Å². The summed E-state index contributed by atoms with van der Waals surface area (Å²) in [5.74, 6) is -0.379. The molecule has 156 valence electrons. The molecule has 2 aliphatic carbocycles. The molecule has 1 aromatic heterocycles. The molecule has 0 aliphatic heterocycles. The van der Waals surface area contributed by atoms with Crippen LogP contribution < -0.4 is 0 Å².